The lowest BCUT2D eigenvalue weighted by molar-refractivity contribution is -0.384. The van der Waals surface area contributed by atoms with E-state index in [0.717, 1.165) is 37.2 Å². The van der Waals surface area contributed by atoms with E-state index >= 15 is 0 Å². The molecule has 2 aromatic rings. The van der Waals surface area contributed by atoms with Gasteiger partial charge in [-0.3, -0.25) is 14.9 Å². The molecular formula is C24H29N3O5. The second kappa shape index (κ2) is 9.46. The lowest BCUT2D eigenvalue weighted by Gasteiger charge is -2.34. The molecule has 0 aliphatic carbocycles. The van der Waals surface area contributed by atoms with Crippen LogP contribution in [0.3, 0.4) is 0 Å². The minimum Gasteiger partial charge on any atom is -0.486 e. The van der Waals surface area contributed by atoms with E-state index in [9.17, 15) is 14.9 Å². The van der Waals surface area contributed by atoms with Crippen molar-refractivity contribution in [2.24, 2.45) is 5.92 Å². The van der Waals surface area contributed by atoms with Gasteiger partial charge >= 0.3 is 0 Å². The predicted octanol–water partition coefficient (Wildman–Crippen LogP) is 4.26. The summed E-state index contributed by atoms with van der Waals surface area (Å²) in [5.74, 6) is 1.76. The first kappa shape index (κ1) is 21.9. The lowest BCUT2D eigenvalue weighted by atomic mass is 9.97. The van der Waals surface area contributed by atoms with E-state index in [1.807, 2.05) is 25.1 Å². The Morgan fingerprint density at radius 1 is 1.19 bits per heavy atom. The Balaban J connectivity index is 1.65. The van der Waals surface area contributed by atoms with Crippen molar-refractivity contribution in [2.45, 2.75) is 33.2 Å². The Morgan fingerprint density at radius 3 is 2.66 bits per heavy atom. The molecular weight excluding hydrogens is 410 g/mol. The quantitative estimate of drug-likeness (QED) is 0.494. The van der Waals surface area contributed by atoms with Crippen LogP contribution in [0.15, 0.2) is 36.4 Å². The van der Waals surface area contributed by atoms with Gasteiger partial charge in [0.15, 0.2) is 11.5 Å². The van der Waals surface area contributed by atoms with E-state index < -0.39 is 4.92 Å². The fraction of sp³-hybridized carbons (Fsp3) is 0.458. The molecule has 1 fully saturated rings. The first-order valence-electron chi connectivity index (χ1n) is 11.2. The molecule has 0 radical (unpaired) electrons. The number of hydrogen-bond donors (Lipinski definition) is 0. The van der Waals surface area contributed by atoms with Gasteiger partial charge < -0.3 is 19.3 Å². The summed E-state index contributed by atoms with van der Waals surface area (Å²) in [4.78, 5) is 28.5. The van der Waals surface area contributed by atoms with Gasteiger partial charge in [-0.2, -0.15) is 0 Å². The van der Waals surface area contributed by atoms with Crippen molar-refractivity contribution in [3.05, 3.63) is 57.6 Å². The number of carbonyl (C=O) groups is 1. The normalized spacial score (nSPS) is 16.0. The highest BCUT2D eigenvalue weighted by atomic mass is 16.6. The molecule has 170 valence electrons. The molecule has 0 spiro atoms. The number of para-hydroxylation sites is 1. The van der Waals surface area contributed by atoms with Gasteiger partial charge in [-0.25, -0.2) is 0 Å². The summed E-state index contributed by atoms with van der Waals surface area (Å²) < 4.78 is 11.5. The third-order valence-electron chi connectivity index (χ3n) is 6.22. The van der Waals surface area contributed by atoms with Gasteiger partial charge in [0, 0.05) is 43.9 Å². The van der Waals surface area contributed by atoms with E-state index in [1.54, 1.807) is 11.0 Å². The van der Waals surface area contributed by atoms with Crippen LogP contribution < -0.4 is 14.4 Å². The first-order valence-corrected chi connectivity index (χ1v) is 11.2. The number of ether oxygens (including phenoxy) is 2. The lowest BCUT2D eigenvalue weighted by Crippen LogP contribution is -2.36. The average molecular weight is 440 g/mol. The topological polar surface area (TPSA) is 85.1 Å². The van der Waals surface area contributed by atoms with Crippen molar-refractivity contribution in [3.63, 3.8) is 0 Å². The minimum absolute atomic E-state index is 0.0765. The third-order valence-corrected chi connectivity index (χ3v) is 6.22. The summed E-state index contributed by atoms with van der Waals surface area (Å²) in [7, 11) is 0. The second-order valence-corrected chi connectivity index (χ2v) is 8.39. The largest absolute Gasteiger partial charge is 0.486 e. The Bertz CT molecular complexity index is 1000. The molecule has 0 atom stereocenters. The molecule has 8 heteroatoms. The molecule has 0 aromatic heterocycles. The number of nitrogens with zero attached hydrogens (tertiary/aromatic N) is 3. The number of amides is 1. The van der Waals surface area contributed by atoms with Crippen molar-refractivity contribution in [1.82, 2.24) is 4.90 Å². The molecule has 4 rings (SSSR count). The zero-order chi connectivity index (χ0) is 22.7. The van der Waals surface area contributed by atoms with E-state index in [0.29, 0.717) is 49.3 Å². The Kier molecular flexibility index (Phi) is 6.48. The number of fused-ring (bicyclic) bond motifs is 1. The fourth-order valence-corrected chi connectivity index (χ4v) is 4.30. The monoisotopic (exact) mass is 439 g/mol. The molecule has 2 aliphatic heterocycles. The van der Waals surface area contributed by atoms with Gasteiger partial charge in [0.2, 0.25) is 0 Å². The zero-order valence-corrected chi connectivity index (χ0v) is 18.6. The molecule has 1 amide bonds. The number of nitro benzene ring substituents is 1. The van der Waals surface area contributed by atoms with Crippen LogP contribution in [0, 0.1) is 16.0 Å². The number of carbonyl (C=O) groups excluding carboxylic acids is 1. The molecule has 0 saturated carbocycles. The van der Waals surface area contributed by atoms with Gasteiger partial charge in [0.1, 0.15) is 13.2 Å². The number of benzene rings is 2. The smallest absolute Gasteiger partial charge is 0.270 e. The van der Waals surface area contributed by atoms with Crippen molar-refractivity contribution in [2.75, 3.05) is 37.7 Å². The van der Waals surface area contributed by atoms with Crippen LogP contribution in [0.25, 0.3) is 0 Å². The minimum atomic E-state index is -0.451. The molecule has 8 nitrogen and oxygen atoms in total. The molecule has 1 saturated heterocycles. The Hall–Kier alpha value is -3.29. The van der Waals surface area contributed by atoms with E-state index in [1.165, 1.54) is 12.1 Å². The van der Waals surface area contributed by atoms with Crippen LogP contribution in [-0.4, -0.2) is 48.6 Å². The van der Waals surface area contributed by atoms with Crippen molar-refractivity contribution < 1.29 is 19.2 Å². The fourth-order valence-electron chi connectivity index (χ4n) is 4.30. The maximum Gasteiger partial charge on any atom is 0.270 e. The second-order valence-electron chi connectivity index (χ2n) is 8.39. The Labute approximate surface area is 187 Å². The molecule has 2 heterocycles. The number of nitro groups is 1. The van der Waals surface area contributed by atoms with Gasteiger partial charge in [-0.1, -0.05) is 19.1 Å². The molecule has 0 N–H and O–H groups in total. The van der Waals surface area contributed by atoms with E-state index in [4.69, 9.17) is 9.47 Å². The summed E-state index contributed by atoms with van der Waals surface area (Å²) in [6.07, 6.45) is 2.07. The van der Waals surface area contributed by atoms with Gasteiger partial charge in [-0.05, 0) is 37.8 Å². The zero-order valence-electron chi connectivity index (χ0n) is 18.6. The third kappa shape index (κ3) is 4.49. The van der Waals surface area contributed by atoms with Crippen LogP contribution in [-0.2, 0) is 6.54 Å². The molecule has 0 unspecified atom stereocenters. The van der Waals surface area contributed by atoms with E-state index in [2.05, 4.69) is 11.8 Å². The number of non-ortho nitro benzene ring substituents is 1. The van der Waals surface area contributed by atoms with Crippen molar-refractivity contribution >= 4 is 17.3 Å². The van der Waals surface area contributed by atoms with Crippen molar-refractivity contribution in [1.29, 1.82) is 0 Å². The SMILES string of the molecule is CCN(Cc1cccc2c1OCCO2)C(=O)c1cc([N+](=O)[O-])ccc1N1CCC(C)CC1. The Morgan fingerprint density at radius 2 is 1.94 bits per heavy atom. The summed E-state index contributed by atoms with van der Waals surface area (Å²) in [5, 5.41) is 11.4. The number of rotatable bonds is 6. The number of anilines is 1. The maximum absolute atomic E-state index is 13.7. The van der Waals surface area contributed by atoms with Crippen LogP contribution >= 0.6 is 0 Å². The number of hydrogen-bond acceptors (Lipinski definition) is 6. The molecule has 0 bridgehead atoms. The first-order chi connectivity index (χ1) is 15.5. The molecule has 2 aromatic carbocycles. The average Bonchev–Trinajstić information content (AvgIpc) is 2.82. The predicted molar refractivity (Wildman–Crippen MR) is 122 cm³/mol. The summed E-state index contributed by atoms with van der Waals surface area (Å²) in [5.41, 5.74) is 1.92. The highest BCUT2D eigenvalue weighted by molar-refractivity contribution is 6.00. The molecule has 2 aliphatic rings. The number of piperidine rings is 1. The van der Waals surface area contributed by atoms with Gasteiger partial charge in [-0.15, -0.1) is 0 Å². The van der Waals surface area contributed by atoms with E-state index in [-0.39, 0.29) is 11.6 Å². The van der Waals surface area contributed by atoms with Crippen LogP contribution in [0.4, 0.5) is 11.4 Å². The van der Waals surface area contributed by atoms with Gasteiger partial charge in [0.05, 0.1) is 16.2 Å². The standard InChI is InChI=1S/C24H29N3O5/c1-3-25(16-18-5-4-6-22-23(18)32-14-13-31-22)24(28)20-15-19(27(29)30)7-8-21(20)26-11-9-17(2)10-12-26/h4-8,15,17H,3,9-14,16H2,1-2H3. The summed E-state index contributed by atoms with van der Waals surface area (Å²) in [6, 6.07) is 10.3. The van der Waals surface area contributed by atoms with Crippen LogP contribution in [0.1, 0.15) is 42.6 Å². The van der Waals surface area contributed by atoms with Gasteiger partial charge in [0.25, 0.3) is 11.6 Å². The maximum atomic E-state index is 13.7. The molecule has 32 heavy (non-hydrogen) atoms. The van der Waals surface area contributed by atoms with Crippen molar-refractivity contribution in [3.8, 4) is 11.5 Å². The highest BCUT2D eigenvalue weighted by Crippen LogP contribution is 2.35. The summed E-state index contributed by atoms with van der Waals surface area (Å²) in [6.45, 7) is 7.56. The van der Waals surface area contributed by atoms with Crippen LogP contribution in [0.2, 0.25) is 0 Å². The highest BCUT2D eigenvalue weighted by Gasteiger charge is 2.27. The summed E-state index contributed by atoms with van der Waals surface area (Å²) >= 11 is 0. The van der Waals surface area contributed by atoms with Crippen LogP contribution in [0.5, 0.6) is 11.5 Å².